The van der Waals surface area contributed by atoms with Gasteiger partial charge in [-0.25, -0.2) is 8.78 Å². The minimum absolute atomic E-state index is 0.0225. The zero-order valence-corrected chi connectivity index (χ0v) is 21.7. The number of amides is 2. The Morgan fingerprint density at radius 2 is 2.06 bits per heavy atom. The van der Waals surface area contributed by atoms with Crippen molar-refractivity contribution in [3.8, 4) is 10.4 Å². The molecule has 0 saturated heterocycles. The lowest BCUT2D eigenvalue weighted by atomic mass is 9.77. The summed E-state index contributed by atoms with van der Waals surface area (Å²) in [6.07, 6.45) is 5.23. The average Bonchev–Trinajstić information content (AvgIpc) is 3.56. The second-order valence-electron chi connectivity index (χ2n) is 8.63. The molecular formula is C26H26F2N4O2S2. The smallest absolute Gasteiger partial charge is 0.256 e. The van der Waals surface area contributed by atoms with Crippen molar-refractivity contribution < 1.29 is 18.4 Å². The summed E-state index contributed by atoms with van der Waals surface area (Å²) in [6.45, 7) is 4.12. The Balaban J connectivity index is 1.63. The number of allylic oxidation sites excluding steroid dienone is 4. The van der Waals surface area contributed by atoms with Crippen molar-refractivity contribution in [3.63, 3.8) is 0 Å². The van der Waals surface area contributed by atoms with E-state index in [2.05, 4.69) is 15.5 Å². The Labute approximate surface area is 216 Å². The normalized spacial score (nSPS) is 16.8. The molecule has 1 N–H and O–H groups in total. The van der Waals surface area contributed by atoms with Crippen molar-refractivity contribution in [2.75, 3.05) is 18.9 Å². The molecule has 0 spiro atoms. The summed E-state index contributed by atoms with van der Waals surface area (Å²) < 4.78 is 29.0. The first-order chi connectivity index (χ1) is 17.3. The van der Waals surface area contributed by atoms with Crippen LogP contribution in [-0.2, 0) is 4.79 Å². The van der Waals surface area contributed by atoms with Gasteiger partial charge in [-0.3, -0.25) is 9.59 Å². The lowest BCUT2D eigenvalue weighted by Crippen LogP contribution is -2.29. The van der Waals surface area contributed by atoms with Gasteiger partial charge in [-0.1, -0.05) is 36.5 Å². The topological polar surface area (TPSA) is 75.2 Å². The minimum Gasteiger partial charge on any atom is -0.342 e. The first kappa shape index (κ1) is 25.8. The Morgan fingerprint density at radius 1 is 1.25 bits per heavy atom. The van der Waals surface area contributed by atoms with E-state index in [9.17, 15) is 18.4 Å². The molecule has 0 fully saturated rings. The number of aromatic nitrogens is 2. The van der Waals surface area contributed by atoms with Crippen LogP contribution in [-0.4, -0.2) is 40.5 Å². The molecule has 2 amide bonds. The van der Waals surface area contributed by atoms with Crippen molar-refractivity contribution in [3.05, 3.63) is 76.2 Å². The largest absolute Gasteiger partial charge is 0.342 e. The maximum atomic E-state index is 14.8. The molecule has 1 aliphatic carbocycles. The summed E-state index contributed by atoms with van der Waals surface area (Å²) >= 11 is 2.66. The Morgan fingerprint density at radius 3 is 2.72 bits per heavy atom. The summed E-state index contributed by atoms with van der Waals surface area (Å²) in [7, 11) is 1.63. The first-order valence-corrected chi connectivity index (χ1v) is 13.2. The Hall–Kier alpha value is -3.24. The number of rotatable bonds is 8. The van der Waals surface area contributed by atoms with Crippen LogP contribution >= 0.6 is 22.7 Å². The summed E-state index contributed by atoms with van der Waals surface area (Å²) in [4.78, 5) is 28.6. The average molecular weight is 529 g/mol. The maximum absolute atomic E-state index is 14.8. The molecule has 0 radical (unpaired) electrons. The van der Waals surface area contributed by atoms with Crippen LogP contribution in [0.5, 0.6) is 0 Å². The van der Waals surface area contributed by atoms with E-state index in [1.54, 1.807) is 19.2 Å². The van der Waals surface area contributed by atoms with Crippen LogP contribution in [0.25, 0.3) is 10.4 Å². The summed E-state index contributed by atoms with van der Waals surface area (Å²) in [6, 6.07) is 8.36. The highest BCUT2D eigenvalue weighted by molar-refractivity contribution is 7.15. The Kier molecular flexibility index (Phi) is 8.05. The molecule has 188 valence electrons. The van der Waals surface area contributed by atoms with Crippen LogP contribution in [0.3, 0.4) is 0 Å². The lowest BCUT2D eigenvalue weighted by Gasteiger charge is -2.29. The summed E-state index contributed by atoms with van der Waals surface area (Å²) in [5.41, 5.74) is 2.19. The molecule has 4 rings (SSSR count). The fourth-order valence-electron chi connectivity index (χ4n) is 4.23. The number of halogens is 2. The molecule has 3 aromatic rings. The van der Waals surface area contributed by atoms with E-state index in [0.717, 1.165) is 9.75 Å². The molecule has 6 nitrogen and oxygen atoms in total. The highest BCUT2D eigenvalue weighted by Gasteiger charge is 2.34. The van der Waals surface area contributed by atoms with Gasteiger partial charge in [0.05, 0.1) is 5.56 Å². The van der Waals surface area contributed by atoms with Gasteiger partial charge in [-0.05, 0) is 48.7 Å². The number of thiophene rings is 1. The lowest BCUT2D eigenvalue weighted by molar-refractivity contribution is -0.120. The molecule has 0 bridgehead atoms. The van der Waals surface area contributed by atoms with Crippen molar-refractivity contribution in [2.45, 2.75) is 26.2 Å². The number of anilines is 1. The van der Waals surface area contributed by atoms with Crippen LogP contribution in [0.2, 0.25) is 0 Å². The van der Waals surface area contributed by atoms with Crippen LogP contribution in [0.1, 0.15) is 41.4 Å². The number of benzene rings is 1. The second-order valence-corrected chi connectivity index (χ2v) is 10.6. The molecule has 2 heterocycles. The van der Waals surface area contributed by atoms with Crippen LogP contribution in [0.15, 0.2) is 59.9 Å². The summed E-state index contributed by atoms with van der Waals surface area (Å²) in [5.74, 6) is -2.46. The van der Waals surface area contributed by atoms with Crippen molar-refractivity contribution in [1.82, 2.24) is 15.1 Å². The number of nitrogens with one attached hydrogen (secondary N) is 1. The first-order valence-electron chi connectivity index (χ1n) is 11.5. The van der Waals surface area contributed by atoms with Gasteiger partial charge in [0, 0.05) is 41.6 Å². The molecule has 3 atom stereocenters. The van der Waals surface area contributed by atoms with Crippen LogP contribution in [0, 0.1) is 17.7 Å². The number of hydrogen-bond donors (Lipinski definition) is 1. The monoisotopic (exact) mass is 528 g/mol. The molecule has 2 aromatic heterocycles. The fourth-order valence-corrected chi connectivity index (χ4v) is 5.96. The third kappa shape index (κ3) is 5.60. The maximum Gasteiger partial charge on any atom is 0.256 e. The van der Waals surface area contributed by atoms with E-state index in [0.29, 0.717) is 17.2 Å². The molecule has 0 saturated carbocycles. The van der Waals surface area contributed by atoms with Crippen LogP contribution in [0.4, 0.5) is 13.9 Å². The SMILES string of the molecule is CCN(C)C(=O)c1ccc(-c2ccc([C@@H](C3C=CC=C(F)C3)[C@@H](C)C(=O)Nc3nncs3)s2)cc1F. The van der Waals surface area contributed by atoms with E-state index < -0.39 is 11.7 Å². The molecule has 36 heavy (non-hydrogen) atoms. The minimum atomic E-state index is -0.587. The second kappa shape index (κ2) is 11.2. The summed E-state index contributed by atoms with van der Waals surface area (Å²) in [5, 5.41) is 10.8. The highest BCUT2D eigenvalue weighted by Crippen LogP contribution is 2.43. The van der Waals surface area contributed by atoms with Gasteiger partial charge in [0.25, 0.3) is 5.91 Å². The Bertz CT molecular complexity index is 1300. The van der Waals surface area contributed by atoms with Gasteiger partial charge in [0.2, 0.25) is 11.0 Å². The van der Waals surface area contributed by atoms with Gasteiger partial charge < -0.3 is 10.2 Å². The van der Waals surface area contributed by atoms with E-state index in [1.807, 2.05) is 32.1 Å². The van der Waals surface area contributed by atoms with E-state index in [1.165, 1.54) is 51.3 Å². The van der Waals surface area contributed by atoms with Crippen molar-refractivity contribution in [2.24, 2.45) is 11.8 Å². The zero-order valence-electron chi connectivity index (χ0n) is 20.1. The number of carbonyl (C=O) groups excluding carboxylic acids is 2. The van der Waals surface area contributed by atoms with Crippen molar-refractivity contribution >= 4 is 39.6 Å². The quantitative estimate of drug-likeness (QED) is 0.373. The van der Waals surface area contributed by atoms with Gasteiger partial charge in [-0.2, -0.15) is 0 Å². The third-order valence-electron chi connectivity index (χ3n) is 6.33. The van der Waals surface area contributed by atoms with Crippen molar-refractivity contribution in [1.29, 1.82) is 0 Å². The molecule has 10 heteroatoms. The standard InChI is InChI=1S/C26H26F2N4O2S2/c1-4-32(3)25(34)19-9-8-16(13-20(19)28)21-10-11-22(36-21)23(17-6-5-7-18(27)12-17)15(2)24(33)30-26-31-29-14-35-26/h5-11,13-15,17,23H,4,12H2,1-3H3,(H,30,31,33)/t15-,17?,23-/m1/s1. The number of carbonyl (C=O) groups is 2. The van der Waals surface area contributed by atoms with E-state index in [4.69, 9.17) is 0 Å². The van der Waals surface area contributed by atoms with Gasteiger partial charge in [0.15, 0.2) is 0 Å². The highest BCUT2D eigenvalue weighted by atomic mass is 32.1. The third-order valence-corrected chi connectivity index (χ3v) is 8.17. The van der Waals surface area contributed by atoms with E-state index in [-0.39, 0.29) is 41.5 Å². The molecule has 0 aliphatic heterocycles. The molecule has 1 aliphatic rings. The van der Waals surface area contributed by atoms with Gasteiger partial charge in [0.1, 0.15) is 17.2 Å². The fraction of sp³-hybridized carbons (Fsp3) is 0.308. The molecular weight excluding hydrogens is 502 g/mol. The molecule has 1 aromatic carbocycles. The molecule has 1 unspecified atom stereocenters. The predicted molar refractivity (Wildman–Crippen MR) is 139 cm³/mol. The number of hydrogen-bond acceptors (Lipinski definition) is 6. The van der Waals surface area contributed by atoms with E-state index >= 15 is 0 Å². The zero-order chi connectivity index (χ0) is 25.8. The predicted octanol–water partition coefficient (Wildman–Crippen LogP) is 6.29. The number of nitrogens with zero attached hydrogens (tertiary/aromatic N) is 3. The van der Waals surface area contributed by atoms with Gasteiger partial charge >= 0.3 is 0 Å². The van der Waals surface area contributed by atoms with Crippen LogP contribution < -0.4 is 5.32 Å². The van der Waals surface area contributed by atoms with Gasteiger partial charge in [-0.15, -0.1) is 21.5 Å².